The third-order valence-electron chi connectivity index (χ3n) is 3.19. The summed E-state index contributed by atoms with van der Waals surface area (Å²) in [6.07, 6.45) is 0. The minimum atomic E-state index is -1.24. The van der Waals surface area contributed by atoms with Gasteiger partial charge in [-0.15, -0.1) is 0 Å². The van der Waals surface area contributed by atoms with Gasteiger partial charge in [-0.1, -0.05) is 45.0 Å². The molecule has 0 atom stereocenters. The Morgan fingerprint density at radius 3 is 1.90 bits per heavy atom. The van der Waals surface area contributed by atoms with Crippen molar-refractivity contribution in [1.29, 1.82) is 0 Å². The molecule has 0 spiro atoms. The predicted molar refractivity (Wildman–Crippen MR) is 82.0 cm³/mol. The third kappa shape index (κ3) is 2.94. The first-order valence-electron chi connectivity index (χ1n) is 6.47. The first-order valence-corrected chi connectivity index (χ1v) is 6.47. The quantitative estimate of drug-likeness (QED) is 0.780. The van der Waals surface area contributed by atoms with Gasteiger partial charge in [-0.05, 0) is 11.0 Å². The van der Waals surface area contributed by atoms with Gasteiger partial charge in [-0.25, -0.2) is 14.8 Å². The van der Waals surface area contributed by atoms with Crippen LogP contribution in [-0.2, 0) is 5.41 Å². The number of benzene rings is 1. The average molecular weight is 286 g/mol. The number of carbonyl (C=O) groups is 1. The van der Waals surface area contributed by atoms with E-state index in [2.05, 4.69) is 30.7 Å². The van der Waals surface area contributed by atoms with E-state index in [9.17, 15) is 4.79 Å². The second-order valence-corrected chi connectivity index (χ2v) is 5.83. The van der Waals surface area contributed by atoms with Crippen molar-refractivity contribution in [3.63, 3.8) is 0 Å². The molecule has 0 radical (unpaired) electrons. The number of carboxylic acids is 1. The standard InChI is InChI=1S/C15H18N4O2/c1-15(2,3)9-6-4-8(5-7-9)13-18-11(16)10(14(20)21)12(17)19-13/h4-7H,1-3H3,(H,20,21)(H4,16,17,18,19). The SMILES string of the molecule is CC(C)(C)c1ccc(-c2nc(N)c(C(=O)O)c(N)n2)cc1. The Kier molecular flexibility index (Phi) is 3.55. The highest BCUT2D eigenvalue weighted by atomic mass is 16.4. The largest absolute Gasteiger partial charge is 0.477 e. The fourth-order valence-electron chi connectivity index (χ4n) is 1.96. The van der Waals surface area contributed by atoms with Gasteiger partial charge < -0.3 is 16.6 Å². The molecule has 6 nitrogen and oxygen atoms in total. The van der Waals surface area contributed by atoms with Gasteiger partial charge in [0.05, 0.1) is 0 Å². The monoisotopic (exact) mass is 286 g/mol. The molecule has 110 valence electrons. The van der Waals surface area contributed by atoms with Crippen LogP contribution in [0.3, 0.4) is 0 Å². The fraction of sp³-hybridized carbons (Fsp3) is 0.267. The average Bonchev–Trinajstić information content (AvgIpc) is 2.36. The molecule has 1 heterocycles. The summed E-state index contributed by atoms with van der Waals surface area (Å²) in [4.78, 5) is 19.1. The van der Waals surface area contributed by atoms with Crippen LogP contribution >= 0.6 is 0 Å². The van der Waals surface area contributed by atoms with Crippen molar-refractivity contribution in [3.05, 3.63) is 35.4 Å². The Morgan fingerprint density at radius 2 is 1.52 bits per heavy atom. The lowest BCUT2D eigenvalue weighted by molar-refractivity contribution is 0.0698. The van der Waals surface area contributed by atoms with E-state index in [4.69, 9.17) is 16.6 Å². The van der Waals surface area contributed by atoms with Crippen molar-refractivity contribution in [3.8, 4) is 11.4 Å². The van der Waals surface area contributed by atoms with Crippen LogP contribution in [0.5, 0.6) is 0 Å². The molecule has 6 heteroatoms. The molecular formula is C15H18N4O2. The molecule has 0 amide bonds. The second-order valence-electron chi connectivity index (χ2n) is 5.83. The maximum Gasteiger partial charge on any atom is 0.343 e. The highest BCUT2D eigenvalue weighted by Gasteiger charge is 2.18. The van der Waals surface area contributed by atoms with Gasteiger partial charge >= 0.3 is 5.97 Å². The van der Waals surface area contributed by atoms with E-state index in [1.165, 1.54) is 5.56 Å². The van der Waals surface area contributed by atoms with Crippen LogP contribution < -0.4 is 11.5 Å². The molecule has 1 aromatic carbocycles. The molecule has 0 fully saturated rings. The summed E-state index contributed by atoms with van der Waals surface area (Å²) in [7, 11) is 0. The van der Waals surface area contributed by atoms with E-state index >= 15 is 0 Å². The van der Waals surface area contributed by atoms with Crippen LogP contribution in [0.25, 0.3) is 11.4 Å². The summed E-state index contributed by atoms with van der Waals surface area (Å²) < 4.78 is 0. The predicted octanol–water partition coefficient (Wildman–Crippen LogP) is 2.30. The molecular weight excluding hydrogens is 268 g/mol. The maximum atomic E-state index is 11.0. The molecule has 0 aliphatic heterocycles. The Hall–Kier alpha value is -2.63. The number of hydrogen-bond donors (Lipinski definition) is 3. The van der Waals surface area contributed by atoms with Gasteiger partial charge in [-0.3, -0.25) is 0 Å². The van der Waals surface area contributed by atoms with Crippen molar-refractivity contribution < 1.29 is 9.90 Å². The van der Waals surface area contributed by atoms with Gasteiger partial charge in [0.15, 0.2) is 5.82 Å². The molecule has 0 saturated heterocycles. The number of nitrogens with zero attached hydrogens (tertiary/aromatic N) is 2. The van der Waals surface area contributed by atoms with E-state index in [1.807, 2.05) is 24.3 Å². The van der Waals surface area contributed by atoms with E-state index < -0.39 is 5.97 Å². The number of rotatable bonds is 2. The molecule has 21 heavy (non-hydrogen) atoms. The van der Waals surface area contributed by atoms with Crippen molar-refractivity contribution in [1.82, 2.24) is 9.97 Å². The lowest BCUT2D eigenvalue weighted by atomic mass is 9.87. The van der Waals surface area contributed by atoms with Gasteiger partial charge in [0.1, 0.15) is 17.2 Å². The van der Waals surface area contributed by atoms with Crippen molar-refractivity contribution in [2.75, 3.05) is 11.5 Å². The molecule has 0 aliphatic rings. The van der Waals surface area contributed by atoms with Crippen LogP contribution in [0, 0.1) is 0 Å². The van der Waals surface area contributed by atoms with Gasteiger partial charge in [0.25, 0.3) is 0 Å². The van der Waals surface area contributed by atoms with Crippen molar-refractivity contribution in [2.24, 2.45) is 0 Å². The third-order valence-corrected chi connectivity index (χ3v) is 3.19. The number of aromatic carboxylic acids is 1. The van der Waals surface area contributed by atoms with Crippen LogP contribution in [0.4, 0.5) is 11.6 Å². The normalized spacial score (nSPS) is 11.4. The zero-order chi connectivity index (χ0) is 15.8. The fourth-order valence-corrected chi connectivity index (χ4v) is 1.96. The van der Waals surface area contributed by atoms with Crippen molar-refractivity contribution >= 4 is 17.6 Å². The van der Waals surface area contributed by atoms with E-state index in [1.54, 1.807) is 0 Å². The summed E-state index contributed by atoms with van der Waals surface area (Å²) >= 11 is 0. The summed E-state index contributed by atoms with van der Waals surface area (Å²) in [6, 6.07) is 7.71. The maximum absolute atomic E-state index is 11.0. The molecule has 0 aliphatic carbocycles. The van der Waals surface area contributed by atoms with E-state index in [0.29, 0.717) is 5.82 Å². The zero-order valence-electron chi connectivity index (χ0n) is 12.2. The summed E-state index contributed by atoms with van der Waals surface area (Å²) in [5.74, 6) is -1.19. The van der Waals surface area contributed by atoms with Crippen LogP contribution in [-0.4, -0.2) is 21.0 Å². The topological polar surface area (TPSA) is 115 Å². The Labute approximate surface area is 122 Å². The highest BCUT2D eigenvalue weighted by Crippen LogP contribution is 2.26. The highest BCUT2D eigenvalue weighted by molar-refractivity contribution is 5.97. The molecule has 2 rings (SSSR count). The molecule has 1 aromatic heterocycles. The first-order chi connectivity index (χ1) is 9.70. The first kappa shape index (κ1) is 14.8. The smallest absolute Gasteiger partial charge is 0.343 e. The number of nitrogens with two attached hydrogens (primary N) is 2. The minimum Gasteiger partial charge on any atom is -0.477 e. The van der Waals surface area contributed by atoms with Crippen molar-refractivity contribution in [2.45, 2.75) is 26.2 Å². The molecule has 0 saturated carbocycles. The van der Waals surface area contributed by atoms with E-state index in [0.717, 1.165) is 5.56 Å². The van der Waals surface area contributed by atoms with Crippen LogP contribution in [0.1, 0.15) is 36.7 Å². The molecule has 5 N–H and O–H groups in total. The Morgan fingerprint density at radius 1 is 1.05 bits per heavy atom. The molecule has 2 aromatic rings. The Bertz CT molecular complexity index is 665. The second kappa shape index (κ2) is 5.05. The summed E-state index contributed by atoms with van der Waals surface area (Å²) in [6.45, 7) is 6.36. The van der Waals surface area contributed by atoms with Gasteiger partial charge in [-0.2, -0.15) is 0 Å². The Balaban J connectivity index is 2.46. The van der Waals surface area contributed by atoms with Crippen LogP contribution in [0.15, 0.2) is 24.3 Å². The van der Waals surface area contributed by atoms with Crippen LogP contribution in [0.2, 0.25) is 0 Å². The zero-order valence-corrected chi connectivity index (χ0v) is 12.2. The lowest BCUT2D eigenvalue weighted by Crippen LogP contribution is -2.12. The van der Waals surface area contributed by atoms with Gasteiger partial charge in [0.2, 0.25) is 0 Å². The molecule has 0 bridgehead atoms. The van der Waals surface area contributed by atoms with E-state index in [-0.39, 0.29) is 22.6 Å². The number of nitrogen functional groups attached to an aromatic ring is 2. The minimum absolute atomic E-state index is 0.0462. The number of aromatic nitrogens is 2. The number of hydrogen-bond acceptors (Lipinski definition) is 5. The molecule has 0 unspecified atom stereocenters. The summed E-state index contributed by atoms with van der Waals surface area (Å²) in [5, 5.41) is 8.99. The van der Waals surface area contributed by atoms with Gasteiger partial charge in [0, 0.05) is 5.56 Å². The number of carboxylic acid groups (broad SMARTS) is 1. The number of anilines is 2. The lowest BCUT2D eigenvalue weighted by Gasteiger charge is -2.19. The summed E-state index contributed by atoms with van der Waals surface area (Å²) in [5.41, 5.74) is 13.0.